The number of carbonyl (C=O) groups is 1. The third kappa shape index (κ3) is 3.98. The SMILES string of the molecule is Cc1nc([C@@H]2CCCN(C(=O)c3ccc(N4CCN(C)CC4)cc3)C2)no1. The number of piperazine rings is 1. The first-order chi connectivity index (χ1) is 13.1. The number of nitrogens with zero attached hydrogens (tertiary/aromatic N) is 5. The van der Waals surface area contributed by atoms with E-state index in [4.69, 9.17) is 4.52 Å². The summed E-state index contributed by atoms with van der Waals surface area (Å²) in [6.07, 6.45) is 1.95. The van der Waals surface area contributed by atoms with Gasteiger partial charge in [-0.3, -0.25) is 4.79 Å². The molecule has 7 nitrogen and oxygen atoms in total. The molecule has 1 aromatic heterocycles. The number of anilines is 1. The largest absolute Gasteiger partial charge is 0.369 e. The summed E-state index contributed by atoms with van der Waals surface area (Å²) in [5.74, 6) is 1.54. The number of carbonyl (C=O) groups excluding carboxylic acids is 1. The average molecular weight is 369 g/mol. The van der Waals surface area contributed by atoms with Crippen LogP contribution in [0.1, 0.15) is 40.8 Å². The monoisotopic (exact) mass is 369 g/mol. The predicted octanol–water partition coefficient (Wildman–Crippen LogP) is 2.15. The van der Waals surface area contributed by atoms with E-state index in [0.29, 0.717) is 12.4 Å². The Morgan fingerprint density at radius 1 is 1.11 bits per heavy atom. The van der Waals surface area contributed by atoms with Crippen LogP contribution in [0.4, 0.5) is 5.69 Å². The van der Waals surface area contributed by atoms with Crippen molar-refractivity contribution in [1.29, 1.82) is 0 Å². The summed E-state index contributed by atoms with van der Waals surface area (Å²) in [5.41, 5.74) is 1.94. The maximum Gasteiger partial charge on any atom is 0.253 e. The van der Waals surface area contributed by atoms with Crippen LogP contribution in [0.25, 0.3) is 0 Å². The first-order valence-corrected chi connectivity index (χ1v) is 9.73. The van der Waals surface area contributed by atoms with Crippen LogP contribution in [0.15, 0.2) is 28.8 Å². The fraction of sp³-hybridized carbons (Fsp3) is 0.550. The standard InChI is InChI=1S/C20H27N5O2/c1-15-21-19(22-27-15)17-4-3-9-25(14-17)20(26)16-5-7-18(8-6-16)24-12-10-23(2)11-13-24/h5-8,17H,3-4,9-14H2,1-2H3/t17-/m1/s1. The number of hydrogen-bond donors (Lipinski definition) is 0. The molecule has 0 spiro atoms. The van der Waals surface area contributed by atoms with Gasteiger partial charge in [0.05, 0.1) is 0 Å². The van der Waals surface area contributed by atoms with Gasteiger partial charge in [-0.2, -0.15) is 4.98 Å². The number of amides is 1. The minimum atomic E-state index is 0.0878. The van der Waals surface area contributed by atoms with Gasteiger partial charge < -0.3 is 19.2 Å². The zero-order valence-electron chi connectivity index (χ0n) is 16.1. The van der Waals surface area contributed by atoms with Crippen LogP contribution in [-0.2, 0) is 0 Å². The highest BCUT2D eigenvalue weighted by Crippen LogP contribution is 2.26. The lowest BCUT2D eigenvalue weighted by atomic mass is 9.96. The highest BCUT2D eigenvalue weighted by Gasteiger charge is 2.28. The second-order valence-electron chi connectivity index (χ2n) is 7.60. The van der Waals surface area contributed by atoms with Crippen molar-refractivity contribution in [2.24, 2.45) is 0 Å². The Hall–Kier alpha value is -2.41. The van der Waals surface area contributed by atoms with Gasteiger partial charge in [0.15, 0.2) is 5.82 Å². The van der Waals surface area contributed by atoms with Crippen LogP contribution in [0.3, 0.4) is 0 Å². The molecule has 2 fully saturated rings. The number of aryl methyl sites for hydroxylation is 1. The Labute approximate surface area is 159 Å². The first kappa shape index (κ1) is 18.0. The van der Waals surface area contributed by atoms with Crippen LogP contribution in [0.2, 0.25) is 0 Å². The van der Waals surface area contributed by atoms with Crippen LogP contribution in [0, 0.1) is 6.92 Å². The predicted molar refractivity (Wildman–Crippen MR) is 103 cm³/mol. The summed E-state index contributed by atoms with van der Waals surface area (Å²) in [7, 11) is 2.15. The molecule has 144 valence electrons. The molecule has 1 aromatic carbocycles. The third-order valence-electron chi connectivity index (χ3n) is 5.60. The van der Waals surface area contributed by atoms with Gasteiger partial charge in [0.25, 0.3) is 5.91 Å². The molecular formula is C20H27N5O2. The van der Waals surface area contributed by atoms with Gasteiger partial charge >= 0.3 is 0 Å². The van der Waals surface area contributed by atoms with E-state index >= 15 is 0 Å². The Kier molecular flexibility index (Phi) is 5.11. The molecule has 1 amide bonds. The molecule has 1 atom stereocenters. The number of piperidine rings is 1. The fourth-order valence-corrected chi connectivity index (χ4v) is 3.92. The molecule has 3 heterocycles. The van der Waals surface area contributed by atoms with E-state index in [2.05, 4.69) is 39.1 Å². The minimum absolute atomic E-state index is 0.0878. The maximum atomic E-state index is 13.0. The molecule has 0 N–H and O–H groups in total. The van der Waals surface area contributed by atoms with E-state index < -0.39 is 0 Å². The first-order valence-electron chi connectivity index (χ1n) is 9.73. The van der Waals surface area contributed by atoms with E-state index in [-0.39, 0.29) is 11.8 Å². The molecule has 2 aliphatic rings. The molecule has 0 unspecified atom stereocenters. The van der Waals surface area contributed by atoms with Crippen molar-refractivity contribution in [3.63, 3.8) is 0 Å². The lowest BCUT2D eigenvalue weighted by Crippen LogP contribution is -2.44. The van der Waals surface area contributed by atoms with Gasteiger partial charge in [-0.15, -0.1) is 0 Å². The van der Waals surface area contributed by atoms with Crippen LogP contribution in [0.5, 0.6) is 0 Å². The van der Waals surface area contributed by atoms with Crippen LogP contribution >= 0.6 is 0 Å². The van der Waals surface area contributed by atoms with Crippen molar-refractivity contribution >= 4 is 11.6 Å². The van der Waals surface area contributed by atoms with E-state index in [9.17, 15) is 4.79 Å². The highest BCUT2D eigenvalue weighted by molar-refractivity contribution is 5.94. The second kappa shape index (κ2) is 7.68. The Morgan fingerprint density at radius 3 is 2.52 bits per heavy atom. The van der Waals surface area contributed by atoms with Crippen molar-refractivity contribution in [1.82, 2.24) is 19.9 Å². The normalized spacial score (nSPS) is 21.5. The molecule has 7 heteroatoms. The van der Waals surface area contributed by atoms with Gasteiger partial charge in [0.2, 0.25) is 5.89 Å². The molecular weight excluding hydrogens is 342 g/mol. The van der Waals surface area contributed by atoms with Crippen LogP contribution in [-0.4, -0.2) is 72.2 Å². The summed E-state index contributed by atoms with van der Waals surface area (Å²) in [4.78, 5) is 23.9. The maximum absolute atomic E-state index is 13.0. The Morgan fingerprint density at radius 2 is 1.85 bits per heavy atom. The quantitative estimate of drug-likeness (QED) is 0.826. The number of aromatic nitrogens is 2. The number of hydrogen-bond acceptors (Lipinski definition) is 6. The van der Waals surface area contributed by atoms with Crippen LogP contribution < -0.4 is 4.90 Å². The lowest BCUT2D eigenvalue weighted by Gasteiger charge is -2.34. The molecule has 27 heavy (non-hydrogen) atoms. The van der Waals surface area contributed by atoms with Crippen molar-refractivity contribution in [3.05, 3.63) is 41.5 Å². The van der Waals surface area contributed by atoms with Gasteiger partial charge in [0, 0.05) is 63.4 Å². The summed E-state index contributed by atoms with van der Waals surface area (Å²) in [6.45, 7) is 7.44. The van der Waals surface area contributed by atoms with Gasteiger partial charge in [-0.25, -0.2) is 0 Å². The summed E-state index contributed by atoms with van der Waals surface area (Å²) < 4.78 is 5.10. The topological polar surface area (TPSA) is 65.7 Å². The second-order valence-corrected chi connectivity index (χ2v) is 7.60. The lowest BCUT2D eigenvalue weighted by molar-refractivity contribution is 0.0703. The van der Waals surface area contributed by atoms with Crippen molar-refractivity contribution < 1.29 is 9.32 Å². The zero-order chi connectivity index (χ0) is 18.8. The smallest absolute Gasteiger partial charge is 0.253 e. The fourth-order valence-electron chi connectivity index (χ4n) is 3.92. The van der Waals surface area contributed by atoms with Gasteiger partial charge in [0.1, 0.15) is 0 Å². The molecule has 0 aliphatic carbocycles. The molecule has 2 aromatic rings. The van der Waals surface area contributed by atoms with E-state index in [0.717, 1.165) is 57.0 Å². The number of likely N-dealkylation sites (tertiary alicyclic amines) is 1. The molecule has 4 rings (SSSR count). The van der Waals surface area contributed by atoms with Crippen molar-refractivity contribution in [2.75, 3.05) is 51.2 Å². The van der Waals surface area contributed by atoms with Crippen molar-refractivity contribution in [3.8, 4) is 0 Å². The van der Waals surface area contributed by atoms with E-state index in [1.165, 1.54) is 5.69 Å². The zero-order valence-corrected chi connectivity index (χ0v) is 16.1. The van der Waals surface area contributed by atoms with Gasteiger partial charge in [-0.1, -0.05) is 5.16 Å². The molecule has 0 bridgehead atoms. The van der Waals surface area contributed by atoms with E-state index in [1.54, 1.807) is 6.92 Å². The summed E-state index contributed by atoms with van der Waals surface area (Å²) >= 11 is 0. The van der Waals surface area contributed by atoms with Crippen molar-refractivity contribution in [2.45, 2.75) is 25.7 Å². The Bertz CT molecular complexity index is 780. The molecule has 0 saturated carbocycles. The highest BCUT2D eigenvalue weighted by atomic mass is 16.5. The summed E-state index contributed by atoms with van der Waals surface area (Å²) in [5, 5.41) is 4.04. The van der Waals surface area contributed by atoms with Gasteiger partial charge in [-0.05, 0) is 44.2 Å². The Balaban J connectivity index is 1.41. The third-order valence-corrected chi connectivity index (χ3v) is 5.60. The molecule has 2 aliphatic heterocycles. The number of likely N-dealkylation sites (N-methyl/N-ethyl adjacent to an activating group) is 1. The van der Waals surface area contributed by atoms with E-state index in [1.807, 2.05) is 17.0 Å². The average Bonchev–Trinajstić information content (AvgIpc) is 3.15. The number of benzene rings is 1. The number of rotatable bonds is 3. The minimum Gasteiger partial charge on any atom is -0.369 e. The molecule has 0 radical (unpaired) electrons. The summed E-state index contributed by atoms with van der Waals surface area (Å²) in [6, 6.07) is 8.06. The molecule has 2 saturated heterocycles.